The van der Waals surface area contributed by atoms with E-state index in [-0.39, 0.29) is 24.0 Å². The first-order valence-corrected chi connectivity index (χ1v) is 11.9. The molecule has 0 bridgehead atoms. The molecule has 0 spiro atoms. The highest BCUT2D eigenvalue weighted by molar-refractivity contribution is 5.88. The molecule has 0 radical (unpaired) electrons. The van der Waals surface area contributed by atoms with Crippen molar-refractivity contribution in [3.63, 3.8) is 0 Å². The van der Waals surface area contributed by atoms with Crippen molar-refractivity contribution in [3.8, 4) is 0 Å². The van der Waals surface area contributed by atoms with E-state index in [0.29, 0.717) is 0 Å². The van der Waals surface area contributed by atoms with Crippen LogP contribution in [0.2, 0.25) is 0 Å². The topological polar surface area (TPSA) is 11.8 Å². The zero-order chi connectivity index (χ0) is 20.8. The Hall–Kier alpha value is -2.34. The van der Waals surface area contributed by atoms with Gasteiger partial charge >= 0.3 is 0 Å². The highest BCUT2D eigenvalue weighted by Crippen LogP contribution is 2.27. The first kappa shape index (κ1) is 21.5. The molecule has 1 aliphatic rings. The normalized spacial score (nSPS) is 14.5. The van der Waals surface area contributed by atoms with Gasteiger partial charge in [0.15, 0.2) is 5.52 Å². The summed E-state index contributed by atoms with van der Waals surface area (Å²) in [4.78, 5) is 2.54. The lowest BCUT2D eigenvalue weighted by molar-refractivity contribution is -0.479. The van der Waals surface area contributed by atoms with Gasteiger partial charge in [0.1, 0.15) is 17.2 Å². The second-order valence-electron chi connectivity index (χ2n) is 9.07. The zero-order valence-electron chi connectivity index (χ0n) is 18.7. The molecule has 1 saturated heterocycles. The lowest BCUT2D eigenvalue weighted by Crippen LogP contribution is -3.00. The first-order chi connectivity index (χ1) is 15.3. The number of unbranched alkanes of at least 4 members (excludes halogenated alkanes) is 1. The summed E-state index contributed by atoms with van der Waals surface area (Å²) in [6, 6.07) is 23.1. The fourth-order valence-electron chi connectivity index (χ4n) is 5.28. The van der Waals surface area contributed by atoms with E-state index in [4.69, 9.17) is 0 Å². The van der Waals surface area contributed by atoms with Crippen LogP contribution in [-0.2, 0) is 6.42 Å². The van der Waals surface area contributed by atoms with E-state index in [9.17, 15) is 0 Å². The number of hydrogen-bond acceptors (Lipinski definition) is 1. The van der Waals surface area contributed by atoms with Crippen molar-refractivity contribution in [1.29, 1.82) is 0 Å². The van der Waals surface area contributed by atoms with Crippen LogP contribution in [0, 0.1) is 0 Å². The highest BCUT2D eigenvalue weighted by atomic mass is 127. The Morgan fingerprint density at radius 3 is 2.53 bits per heavy atom. The molecule has 4 heterocycles. The monoisotopic (exact) mass is 535 g/mol. The van der Waals surface area contributed by atoms with Gasteiger partial charge in [0.25, 0.3) is 5.65 Å². The van der Waals surface area contributed by atoms with E-state index in [1.807, 2.05) is 0 Å². The van der Waals surface area contributed by atoms with Gasteiger partial charge in [-0.2, -0.15) is 8.80 Å². The lowest BCUT2D eigenvalue weighted by atomic mass is 10.1. The molecule has 3 nitrogen and oxygen atoms in total. The molecule has 6 rings (SSSR count). The van der Waals surface area contributed by atoms with Gasteiger partial charge in [-0.05, 0) is 86.2 Å². The Morgan fingerprint density at radius 2 is 1.69 bits per heavy atom. The Kier molecular flexibility index (Phi) is 5.97. The predicted octanol–water partition coefficient (Wildman–Crippen LogP) is 3.32. The van der Waals surface area contributed by atoms with E-state index in [0.717, 1.165) is 6.42 Å². The molecule has 164 valence electrons. The number of piperidine rings is 1. The van der Waals surface area contributed by atoms with Crippen LogP contribution in [0.25, 0.3) is 33.0 Å². The maximum absolute atomic E-state index is 2.54. The Bertz CT molecular complexity index is 1410. The van der Waals surface area contributed by atoms with Gasteiger partial charge in [0.2, 0.25) is 0 Å². The van der Waals surface area contributed by atoms with Gasteiger partial charge in [-0.3, -0.25) is 0 Å². The Balaban J connectivity index is 0.00000216. The molecule has 32 heavy (non-hydrogen) atoms. The van der Waals surface area contributed by atoms with Crippen LogP contribution >= 0.6 is 0 Å². The first-order valence-electron chi connectivity index (χ1n) is 11.9. The minimum absolute atomic E-state index is 0. The van der Waals surface area contributed by atoms with Crippen LogP contribution in [0.15, 0.2) is 66.9 Å². The van der Waals surface area contributed by atoms with Crippen molar-refractivity contribution in [3.05, 3.63) is 72.4 Å². The third-order valence-corrected chi connectivity index (χ3v) is 6.98. The predicted molar refractivity (Wildman–Crippen MR) is 130 cm³/mol. The molecule has 0 atom stereocenters. The van der Waals surface area contributed by atoms with Gasteiger partial charge < -0.3 is 28.9 Å². The fraction of sp³-hybridized carbons (Fsp3) is 0.321. The third-order valence-electron chi connectivity index (χ3n) is 6.98. The minimum Gasteiger partial charge on any atom is -1.00 e. The zero-order valence-corrected chi connectivity index (χ0v) is 20.9. The van der Waals surface area contributed by atoms with E-state index in [1.165, 1.54) is 89.4 Å². The average Bonchev–Trinajstić information content (AvgIpc) is 3.22. The molecule has 4 heteroatoms. The molecular weight excluding hydrogens is 505 g/mol. The van der Waals surface area contributed by atoms with Gasteiger partial charge in [0, 0.05) is 35.6 Å². The quantitative estimate of drug-likeness (QED) is 0.254. The van der Waals surface area contributed by atoms with Crippen LogP contribution in [0.4, 0.5) is 5.69 Å². The summed E-state index contributed by atoms with van der Waals surface area (Å²) in [6.45, 7) is 4.62. The maximum atomic E-state index is 2.54. The number of imidazole rings is 1. The summed E-state index contributed by atoms with van der Waals surface area (Å²) in [7, 11) is 0. The molecule has 0 saturated carbocycles. The second-order valence-corrected chi connectivity index (χ2v) is 9.07. The van der Waals surface area contributed by atoms with Crippen molar-refractivity contribution in [2.75, 3.05) is 18.0 Å². The van der Waals surface area contributed by atoms with Crippen molar-refractivity contribution >= 4 is 38.7 Å². The van der Waals surface area contributed by atoms with Crippen LogP contribution in [0.5, 0.6) is 0 Å². The second kappa shape index (κ2) is 8.89. The molecule has 5 aromatic rings. The molecule has 0 N–H and O–H groups in total. The summed E-state index contributed by atoms with van der Waals surface area (Å²) >= 11 is 0. The van der Waals surface area contributed by atoms with Gasteiger partial charge in [0.05, 0.1) is 0 Å². The smallest absolute Gasteiger partial charge is 0.292 e. The molecule has 0 unspecified atom stereocenters. The highest BCUT2D eigenvalue weighted by Gasteiger charge is 2.18. The Labute approximate surface area is 206 Å². The van der Waals surface area contributed by atoms with Crippen LogP contribution in [0.3, 0.4) is 0 Å². The Morgan fingerprint density at radius 1 is 0.844 bits per heavy atom. The standard InChI is InChI=1S/C28H30N3.HI/c1-2-3-7-21-8-13-26-22(18-21)10-15-28-30(26)20-25-11-9-23-19-24(12-14-27(23)31(25)28)29-16-5-4-6-17-29;/h8-15,18-20H,2-7,16-17H2,1H3;1H/q+1;/p-1. The molecule has 0 aliphatic carbocycles. The third kappa shape index (κ3) is 3.62. The summed E-state index contributed by atoms with van der Waals surface area (Å²) in [5.41, 5.74) is 7.81. The largest absolute Gasteiger partial charge is 1.00 e. The summed E-state index contributed by atoms with van der Waals surface area (Å²) in [5, 5.41) is 2.63. The van der Waals surface area contributed by atoms with E-state index in [1.54, 1.807) is 0 Å². The van der Waals surface area contributed by atoms with Crippen molar-refractivity contribution < 1.29 is 28.4 Å². The number of aryl methyl sites for hydroxylation is 1. The number of nitrogens with zero attached hydrogens (tertiary/aromatic N) is 3. The molecular formula is C28H30IN3. The molecule has 1 fully saturated rings. The molecule has 2 aromatic carbocycles. The van der Waals surface area contributed by atoms with E-state index >= 15 is 0 Å². The fourth-order valence-corrected chi connectivity index (χ4v) is 5.28. The number of aromatic nitrogens is 2. The average molecular weight is 535 g/mol. The van der Waals surface area contributed by atoms with Gasteiger partial charge in [-0.1, -0.05) is 19.4 Å². The summed E-state index contributed by atoms with van der Waals surface area (Å²) < 4.78 is 4.76. The summed E-state index contributed by atoms with van der Waals surface area (Å²) in [6.07, 6.45) is 9.92. The molecule has 1 aliphatic heterocycles. The maximum Gasteiger partial charge on any atom is 0.292 e. The molecule has 0 amide bonds. The number of halogens is 1. The number of pyridine rings is 2. The van der Waals surface area contributed by atoms with Crippen molar-refractivity contribution in [2.24, 2.45) is 0 Å². The van der Waals surface area contributed by atoms with Crippen molar-refractivity contribution in [2.45, 2.75) is 45.4 Å². The summed E-state index contributed by atoms with van der Waals surface area (Å²) in [5.74, 6) is 0. The van der Waals surface area contributed by atoms with Gasteiger partial charge in [-0.25, -0.2) is 0 Å². The van der Waals surface area contributed by atoms with Crippen molar-refractivity contribution in [1.82, 2.24) is 4.40 Å². The van der Waals surface area contributed by atoms with E-state index in [2.05, 4.69) is 87.5 Å². The van der Waals surface area contributed by atoms with Crippen LogP contribution in [0.1, 0.15) is 44.6 Å². The number of rotatable bonds is 4. The number of hydrogen-bond donors (Lipinski definition) is 0. The van der Waals surface area contributed by atoms with Gasteiger partial charge in [-0.15, -0.1) is 0 Å². The lowest BCUT2D eigenvalue weighted by Gasteiger charge is -2.28. The van der Waals surface area contributed by atoms with Crippen LogP contribution in [-0.4, -0.2) is 17.5 Å². The number of fused-ring (bicyclic) bond motifs is 7. The molecule has 3 aromatic heterocycles. The van der Waals surface area contributed by atoms with E-state index < -0.39 is 0 Å². The SMILES string of the molecule is CCCCc1ccc2c(ccc3n4c(ccc5cc(N6CCCCC6)ccc54)c[n+]23)c1.[I-]. The number of benzene rings is 2. The minimum atomic E-state index is 0. The number of anilines is 1. The van der Waals surface area contributed by atoms with Crippen LogP contribution < -0.4 is 33.3 Å².